The summed E-state index contributed by atoms with van der Waals surface area (Å²) in [5, 5.41) is 2.97. The molecule has 1 aliphatic rings. The molecule has 1 fully saturated rings. The summed E-state index contributed by atoms with van der Waals surface area (Å²) < 4.78 is 17.5. The van der Waals surface area contributed by atoms with E-state index in [1.165, 1.54) is 5.56 Å². The van der Waals surface area contributed by atoms with Crippen LogP contribution in [0.5, 0.6) is 11.5 Å². The Balaban J connectivity index is 1.39. The van der Waals surface area contributed by atoms with Gasteiger partial charge in [-0.15, -0.1) is 0 Å². The SMILES string of the molecule is O=C(Nc1ccccc1OCC1CCCO1)c1ccccc1OCCc1ccccc1. The zero-order valence-corrected chi connectivity index (χ0v) is 17.5. The third-order valence-corrected chi connectivity index (χ3v) is 5.21. The van der Waals surface area contributed by atoms with Gasteiger partial charge in [0.15, 0.2) is 0 Å². The Morgan fingerprint density at radius 1 is 0.903 bits per heavy atom. The van der Waals surface area contributed by atoms with Gasteiger partial charge in [-0.25, -0.2) is 0 Å². The first-order chi connectivity index (χ1) is 15.3. The summed E-state index contributed by atoms with van der Waals surface area (Å²) in [4.78, 5) is 13.0. The van der Waals surface area contributed by atoms with Crippen LogP contribution in [0.4, 0.5) is 5.69 Å². The zero-order valence-electron chi connectivity index (χ0n) is 17.5. The number of ether oxygens (including phenoxy) is 3. The third kappa shape index (κ3) is 5.86. The van der Waals surface area contributed by atoms with E-state index < -0.39 is 0 Å². The fourth-order valence-electron chi connectivity index (χ4n) is 3.55. The van der Waals surface area contributed by atoms with Crippen LogP contribution >= 0.6 is 0 Å². The second kappa shape index (κ2) is 10.6. The van der Waals surface area contributed by atoms with E-state index in [2.05, 4.69) is 17.4 Å². The molecule has 1 heterocycles. The van der Waals surface area contributed by atoms with Crippen LogP contribution < -0.4 is 14.8 Å². The Bertz CT molecular complexity index is 983. The van der Waals surface area contributed by atoms with E-state index in [-0.39, 0.29) is 12.0 Å². The second-order valence-electron chi connectivity index (χ2n) is 7.48. The molecular weight excluding hydrogens is 390 g/mol. The highest BCUT2D eigenvalue weighted by molar-refractivity contribution is 6.06. The van der Waals surface area contributed by atoms with E-state index in [4.69, 9.17) is 14.2 Å². The lowest BCUT2D eigenvalue weighted by atomic mass is 10.1. The van der Waals surface area contributed by atoms with E-state index in [1.807, 2.05) is 60.7 Å². The van der Waals surface area contributed by atoms with Crippen LogP contribution in [0.2, 0.25) is 0 Å². The minimum absolute atomic E-state index is 0.113. The first-order valence-electron chi connectivity index (χ1n) is 10.7. The minimum Gasteiger partial charge on any atom is -0.492 e. The summed E-state index contributed by atoms with van der Waals surface area (Å²) in [5.74, 6) is 0.964. The molecule has 0 bridgehead atoms. The van der Waals surface area contributed by atoms with Crippen LogP contribution in [0, 0.1) is 0 Å². The maximum Gasteiger partial charge on any atom is 0.259 e. The molecule has 5 heteroatoms. The number of nitrogens with one attached hydrogen (secondary N) is 1. The van der Waals surface area contributed by atoms with Gasteiger partial charge < -0.3 is 19.5 Å². The van der Waals surface area contributed by atoms with Crippen molar-refractivity contribution >= 4 is 11.6 Å². The normalized spacial score (nSPS) is 15.4. The predicted molar refractivity (Wildman–Crippen MR) is 121 cm³/mol. The lowest BCUT2D eigenvalue weighted by Gasteiger charge is -2.16. The van der Waals surface area contributed by atoms with Gasteiger partial charge in [-0.3, -0.25) is 4.79 Å². The molecule has 1 aliphatic heterocycles. The van der Waals surface area contributed by atoms with Gasteiger partial charge in [-0.05, 0) is 42.7 Å². The van der Waals surface area contributed by atoms with Crippen molar-refractivity contribution < 1.29 is 19.0 Å². The van der Waals surface area contributed by atoms with Crippen molar-refractivity contribution in [1.82, 2.24) is 0 Å². The number of hydrogen-bond donors (Lipinski definition) is 1. The van der Waals surface area contributed by atoms with Gasteiger partial charge >= 0.3 is 0 Å². The van der Waals surface area contributed by atoms with Gasteiger partial charge in [0, 0.05) is 13.0 Å². The van der Waals surface area contributed by atoms with E-state index in [1.54, 1.807) is 6.07 Å². The number of carbonyl (C=O) groups excluding carboxylic acids is 1. The molecule has 3 aromatic carbocycles. The Labute approximate surface area is 183 Å². The molecule has 160 valence electrons. The summed E-state index contributed by atoms with van der Waals surface area (Å²) in [7, 11) is 0. The van der Waals surface area contributed by atoms with Gasteiger partial charge in [-0.1, -0.05) is 54.6 Å². The molecule has 1 N–H and O–H groups in total. The molecule has 1 atom stereocenters. The molecule has 0 aromatic heterocycles. The van der Waals surface area contributed by atoms with Crippen LogP contribution in [0.25, 0.3) is 0 Å². The maximum absolute atomic E-state index is 13.0. The number of hydrogen-bond acceptors (Lipinski definition) is 4. The van der Waals surface area contributed by atoms with Crippen LogP contribution in [0.3, 0.4) is 0 Å². The van der Waals surface area contributed by atoms with Crippen LogP contribution in [0.1, 0.15) is 28.8 Å². The number of para-hydroxylation sites is 3. The lowest BCUT2D eigenvalue weighted by molar-refractivity contribution is 0.0682. The van der Waals surface area contributed by atoms with Crippen molar-refractivity contribution in [3.8, 4) is 11.5 Å². The molecule has 0 radical (unpaired) electrons. The van der Waals surface area contributed by atoms with Crippen LogP contribution in [-0.2, 0) is 11.2 Å². The topological polar surface area (TPSA) is 56.8 Å². The standard InChI is InChI=1S/C26H27NO4/c28-26(27-23-13-5-7-15-25(23)31-19-21-11-8-17-29-21)22-12-4-6-14-24(22)30-18-16-20-9-2-1-3-10-20/h1-7,9-10,12-15,21H,8,11,16-19H2,(H,27,28). The number of anilines is 1. The molecule has 0 spiro atoms. The number of amides is 1. The summed E-state index contributed by atoms with van der Waals surface area (Å²) in [6.45, 7) is 1.76. The fourth-order valence-corrected chi connectivity index (χ4v) is 3.55. The molecule has 4 rings (SSSR count). The van der Waals surface area contributed by atoms with E-state index in [9.17, 15) is 4.79 Å². The van der Waals surface area contributed by atoms with Crippen molar-refractivity contribution in [3.63, 3.8) is 0 Å². The zero-order chi connectivity index (χ0) is 21.3. The van der Waals surface area contributed by atoms with Gasteiger partial charge in [0.25, 0.3) is 5.91 Å². The molecular formula is C26H27NO4. The number of carbonyl (C=O) groups is 1. The molecule has 0 saturated carbocycles. The Hall–Kier alpha value is -3.31. The lowest BCUT2D eigenvalue weighted by Crippen LogP contribution is -2.18. The summed E-state index contributed by atoms with van der Waals surface area (Å²) >= 11 is 0. The van der Waals surface area contributed by atoms with Gasteiger partial charge in [0.1, 0.15) is 18.1 Å². The Morgan fingerprint density at radius 3 is 2.45 bits per heavy atom. The smallest absolute Gasteiger partial charge is 0.259 e. The first kappa shape index (κ1) is 20.9. The molecule has 31 heavy (non-hydrogen) atoms. The molecule has 3 aromatic rings. The van der Waals surface area contributed by atoms with Crippen LogP contribution in [0.15, 0.2) is 78.9 Å². The largest absolute Gasteiger partial charge is 0.492 e. The third-order valence-electron chi connectivity index (χ3n) is 5.21. The van der Waals surface area contributed by atoms with E-state index >= 15 is 0 Å². The average Bonchev–Trinajstić information content (AvgIpc) is 3.33. The molecule has 1 unspecified atom stereocenters. The predicted octanol–water partition coefficient (Wildman–Crippen LogP) is 5.12. The minimum atomic E-state index is -0.233. The molecule has 5 nitrogen and oxygen atoms in total. The Morgan fingerprint density at radius 2 is 1.65 bits per heavy atom. The van der Waals surface area contributed by atoms with E-state index in [0.717, 1.165) is 25.9 Å². The summed E-state index contributed by atoms with van der Waals surface area (Å²) in [6, 6.07) is 24.9. The van der Waals surface area contributed by atoms with E-state index in [0.29, 0.717) is 36.0 Å². The molecule has 0 aliphatic carbocycles. The van der Waals surface area contributed by atoms with Gasteiger partial charge in [0.05, 0.1) is 24.0 Å². The summed E-state index contributed by atoms with van der Waals surface area (Å²) in [6.07, 6.45) is 2.95. The van der Waals surface area contributed by atoms with Gasteiger partial charge in [-0.2, -0.15) is 0 Å². The summed E-state index contributed by atoms with van der Waals surface area (Å²) in [5.41, 5.74) is 2.32. The monoisotopic (exact) mass is 417 g/mol. The molecule has 1 amide bonds. The Kier molecular flexibility index (Phi) is 7.19. The van der Waals surface area contributed by atoms with Crippen molar-refractivity contribution in [3.05, 3.63) is 90.0 Å². The highest BCUT2D eigenvalue weighted by Gasteiger charge is 2.18. The second-order valence-corrected chi connectivity index (χ2v) is 7.48. The van der Waals surface area contributed by atoms with Gasteiger partial charge in [0.2, 0.25) is 0 Å². The van der Waals surface area contributed by atoms with Crippen molar-refractivity contribution in [1.29, 1.82) is 0 Å². The highest BCUT2D eigenvalue weighted by Crippen LogP contribution is 2.27. The number of benzene rings is 3. The molecule has 1 saturated heterocycles. The fraction of sp³-hybridized carbons (Fsp3) is 0.269. The van der Waals surface area contributed by atoms with Crippen molar-refractivity contribution in [2.75, 3.05) is 25.1 Å². The maximum atomic E-state index is 13.0. The van der Waals surface area contributed by atoms with Crippen molar-refractivity contribution in [2.45, 2.75) is 25.4 Å². The average molecular weight is 418 g/mol. The van der Waals surface area contributed by atoms with Crippen LogP contribution in [-0.4, -0.2) is 31.8 Å². The highest BCUT2D eigenvalue weighted by atomic mass is 16.5. The quantitative estimate of drug-likeness (QED) is 0.525. The first-order valence-corrected chi connectivity index (χ1v) is 10.7. The van der Waals surface area contributed by atoms with Crippen molar-refractivity contribution in [2.24, 2.45) is 0 Å². The number of rotatable bonds is 9.